The van der Waals surface area contributed by atoms with Crippen LogP contribution in [0.2, 0.25) is 0 Å². The number of nitrogens with zero attached hydrogens (tertiary/aromatic N) is 2. The summed E-state index contributed by atoms with van der Waals surface area (Å²) in [6.45, 7) is 2.60. The van der Waals surface area contributed by atoms with Crippen LogP contribution in [-0.2, 0) is 22.5 Å². The summed E-state index contributed by atoms with van der Waals surface area (Å²) in [5, 5.41) is 2.89. The number of benzene rings is 1. The summed E-state index contributed by atoms with van der Waals surface area (Å²) < 4.78 is 4.90. The lowest BCUT2D eigenvalue weighted by Crippen LogP contribution is -2.39. The maximum absolute atomic E-state index is 12.2. The van der Waals surface area contributed by atoms with Crippen molar-refractivity contribution in [1.29, 1.82) is 0 Å². The topological polar surface area (TPSA) is 80.0 Å². The molecule has 0 atom stereocenters. The van der Waals surface area contributed by atoms with Crippen molar-refractivity contribution in [3.8, 4) is 0 Å². The average Bonchev–Trinajstić information content (AvgIpc) is 2.52. The molecule has 0 aromatic heterocycles. The Bertz CT molecular complexity index is 516. The molecule has 1 heterocycles. The van der Waals surface area contributed by atoms with Crippen molar-refractivity contribution in [2.24, 2.45) is 10.7 Å². The Morgan fingerprint density at radius 1 is 1.43 bits per heavy atom. The fourth-order valence-electron chi connectivity index (χ4n) is 2.30. The fraction of sp³-hybridized carbons (Fsp3) is 0.467. The van der Waals surface area contributed by atoms with Crippen LogP contribution in [0.25, 0.3) is 0 Å². The predicted molar refractivity (Wildman–Crippen MR) is 81.9 cm³/mol. The van der Waals surface area contributed by atoms with E-state index in [9.17, 15) is 4.79 Å². The maximum Gasteiger partial charge on any atom is 0.244 e. The van der Waals surface area contributed by atoms with E-state index in [2.05, 4.69) is 22.4 Å². The molecule has 0 fully saturated rings. The SMILES string of the molecule is COCCNC(N)=NCC(=O)N1CCc2ccccc2C1. The summed E-state index contributed by atoms with van der Waals surface area (Å²) in [6, 6.07) is 8.22. The smallest absolute Gasteiger partial charge is 0.244 e. The van der Waals surface area contributed by atoms with Gasteiger partial charge in [0.05, 0.1) is 6.61 Å². The molecule has 1 amide bonds. The van der Waals surface area contributed by atoms with Crippen molar-refractivity contribution in [1.82, 2.24) is 10.2 Å². The van der Waals surface area contributed by atoms with E-state index in [1.54, 1.807) is 7.11 Å². The number of methoxy groups -OCH3 is 1. The molecule has 1 aliphatic heterocycles. The molecule has 0 saturated carbocycles. The van der Waals surface area contributed by atoms with Crippen molar-refractivity contribution >= 4 is 11.9 Å². The van der Waals surface area contributed by atoms with Gasteiger partial charge in [0.2, 0.25) is 5.91 Å². The Morgan fingerprint density at radius 3 is 2.95 bits per heavy atom. The molecule has 0 bridgehead atoms. The number of carbonyl (C=O) groups is 1. The molecule has 1 aliphatic rings. The number of amides is 1. The number of rotatable bonds is 5. The molecular weight excluding hydrogens is 268 g/mol. The zero-order chi connectivity index (χ0) is 15.1. The second kappa shape index (κ2) is 7.64. The molecule has 0 aliphatic carbocycles. The summed E-state index contributed by atoms with van der Waals surface area (Å²) in [4.78, 5) is 18.0. The monoisotopic (exact) mass is 290 g/mol. The van der Waals surface area contributed by atoms with E-state index in [1.165, 1.54) is 11.1 Å². The van der Waals surface area contributed by atoms with Crippen LogP contribution in [0.4, 0.5) is 0 Å². The lowest BCUT2D eigenvalue weighted by molar-refractivity contribution is -0.130. The van der Waals surface area contributed by atoms with E-state index in [-0.39, 0.29) is 18.4 Å². The van der Waals surface area contributed by atoms with Crippen LogP contribution >= 0.6 is 0 Å². The van der Waals surface area contributed by atoms with Crippen LogP contribution in [0.1, 0.15) is 11.1 Å². The highest BCUT2D eigenvalue weighted by Gasteiger charge is 2.19. The van der Waals surface area contributed by atoms with Gasteiger partial charge in [0.25, 0.3) is 0 Å². The highest BCUT2D eigenvalue weighted by molar-refractivity contribution is 5.84. The molecular formula is C15H22N4O2. The lowest BCUT2D eigenvalue weighted by Gasteiger charge is -2.28. The second-order valence-electron chi connectivity index (χ2n) is 4.96. The molecule has 0 unspecified atom stereocenters. The normalized spacial score (nSPS) is 14.7. The van der Waals surface area contributed by atoms with Crippen molar-refractivity contribution in [3.63, 3.8) is 0 Å². The number of aliphatic imine (C=N–C) groups is 1. The van der Waals surface area contributed by atoms with Gasteiger partial charge in [0.1, 0.15) is 6.54 Å². The Hall–Kier alpha value is -2.08. The number of nitrogens with two attached hydrogens (primary N) is 1. The first kappa shape index (κ1) is 15.3. The van der Waals surface area contributed by atoms with Crippen molar-refractivity contribution in [2.45, 2.75) is 13.0 Å². The molecule has 0 spiro atoms. The predicted octanol–water partition coefficient (Wildman–Crippen LogP) is 0.122. The molecule has 2 rings (SSSR count). The number of carbonyl (C=O) groups excluding carboxylic acids is 1. The molecule has 114 valence electrons. The average molecular weight is 290 g/mol. The quantitative estimate of drug-likeness (QED) is 0.459. The highest BCUT2D eigenvalue weighted by Crippen LogP contribution is 2.18. The van der Waals surface area contributed by atoms with Crippen LogP contribution in [0.15, 0.2) is 29.3 Å². The van der Waals surface area contributed by atoms with Crippen molar-refractivity contribution in [3.05, 3.63) is 35.4 Å². The summed E-state index contributed by atoms with van der Waals surface area (Å²) >= 11 is 0. The van der Waals surface area contributed by atoms with Gasteiger partial charge in [-0.15, -0.1) is 0 Å². The van der Waals surface area contributed by atoms with Crippen molar-refractivity contribution < 1.29 is 9.53 Å². The van der Waals surface area contributed by atoms with Gasteiger partial charge in [-0.2, -0.15) is 0 Å². The van der Waals surface area contributed by atoms with Gasteiger partial charge in [-0.25, -0.2) is 4.99 Å². The molecule has 6 heteroatoms. The molecule has 21 heavy (non-hydrogen) atoms. The number of hydrogen-bond acceptors (Lipinski definition) is 3. The first-order valence-electron chi connectivity index (χ1n) is 7.08. The minimum atomic E-state index is 0.000921. The third-order valence-electron chi connectivity index (χ3n) is 3.48. The third kappa shape index (κ3) is 4.46. The van der Waals surface area contributed by atoms with E-state index in [0.717, 1.165) is 13.0 Å². The minimum Gasteiger partial charge on any atom is -0.383 e. The van der Waals surface area contributed by atoms with Gasteiger partial charge in [-0.1, -0.05) is 24.3 Å². The van der Waals surface area contributed by atoms with Gasteiger partial charge < -0.3 is 20.7 Å². The van der Waals surface area contributed by atoms with Gasteiger partial charge in [0, 0.05) is 26.7 Å². The third-order valence-corrected chi connectivity index (χ3v) is 3.48. The van der Waals surface area contributed by atoms with Gasteiger partial charge in [-0.05, 0) is 17.5 Å². The molecule has 1 aromatic carbocycles. The Kier molecular flexibility index (Phi) is 5.57. The number of fused-ring (bicyclic) bond motifs is 1. The number of ether oxygens (including phenoxy) is 1. The van der Waals surface area contributed by atoms with E-state index in [4.69, 9.17) is 10.5 Å². The second-order valence-corrected chi connectivity index (χ2v) is 4.96. The minimum absolute atomic E-state index is 0.000921. The van der Waals surface area contributed by atoms with Gasteiger partial charge >= 0.3 is 0 Å². The van der Waals surface area contributed by atoms with Crippen LogP contribution in [0, 0.1) is 0 Å². The Morgan fingerprint density at radius 2 is 2.19 bits per heavy atom. The molecule has 3 N–H and O–H groups in total. The van der Waals surface area contributed by atoms with Crippen molar-refractivity contribution in [2.75, 3.05) is 33.4 Å². The summed E-state index contributed by atoms with van der Waals surface area (Å²) in [5.41, 5.74) is 8.22. The fourth-order valence-corrected chi connectivity index (χ4v) is 2.30. The first-order valence-corrected chi connectivity index (χ1v) is 7.08. The molecule has 1 aromatic rings. The number of hydrogen-bond donors (Lipinski definition) is 2. The summed E-state index contributed by atoms with van der Waals surface area (Å²) in [6.07, 6.45) is 0.896. The zero-order valence-corrected chi connectivity index (χ0v) is 12.3. The van der Waals surface area contributed by atoms with Crippen LogP contribution in [0.5, 0.6) is 0 Å². The van der Waals surface area contributed by atoms with Crippen LogP contribution in [-0.4, -0.2) is 50.1 Å². The Labute approximate surface area is 125 Å². The largest absolute Gasteiger partial charge is 0.383 e. The summed E-state index contributed by atoms with van der Waals surface area (Å²) in [7, 11) is 1.62. The summed E-state index contributed by atoms with van der Waals surface area (Å²) in [5.74, 6) is 0.277. The lowest BCUT2D eigenvalue weighted by atomic mass is 10.00. The van der Waals surface area contributed by atoms with E-state index < -0.39 is 0 Å². The van der Waals surface area contributed by atoms with E-state index in [0.29, 0.717) is 19.7 Å². The van der Waals surface area contributed by atoms with E-state index in [1.807, 2.05) is 17.0 Å². The number of guanidine groups is 1. The molecule has 0 saturated heterocycles. The zero-order valence-electron chi connectivity index (χ0n) is 12.3. The molecule has 6 nitrogen and oxygen atoms in total. The number of nitrogens with one attached hydrogen (secondary N) is 1. The first-order chi connectivity index (χ1) is 10.2. The van der Waals surface area contributed by atoms with E-state index >= 15 is 0 Å². The standard InChI is InChI=1S/C15H22N4O2/c1-21-9-7-17-15(16)18-10-14(20)19-8-6-12-4-2-3-5-13(12)11-19/h2-5H,6-11H2,1H3,(H3,16,17,18). The van der Waals surface area contributed by atoms with Gasteiger partial charge in [0.15, 0.2) is 5.96 Å². The van der Waals surface area contributed by atoms with Gasteiger partial charge in [-0.3, -0.25) is 4.79 Å². The maximum atomic E-state index is 12.2. The van der Waals surface area contributed by atoms with Crippen LogP contribution in [0.3, 0.4) is 0 Å². The highest BCUT2D eigenvalue weighted by atomic mass is 16.5. The van der Waals surface area contributed by atoms with Crippen LogP contribution < -0.4 is 11.1 Å². The molecule has 0 radical (unpaired) electrons. The Balaban J connectivity index is 1.83.